The lowest BCUT2D eigenvalue weighted by Crippen LogP contribution is -2.35. The Morgan fingerprint density at radius 3 is 2.35 bits per heavy atom. The molecule has 120 valence electrons. The Labute approximate surface area is 137 Å². The maximum Gasteiger partial charge on any atom is 0.255 e. The summed E-state index contributed by atoms with van der Waals surface area (Å²) in [6.07, 6.45) is 3.40. The Kier molecular flexibility index (Phi) is 4.81. The highest BCUT2D eigenvalue weighted by Crippen LogP contribution is 2.29. The maximum atomic E-state index is 12.8. The average molecular weight is 310 g/mol. The molecule has 0 radical (unpaired) electrons. The third kappa shape index (κ3) is 3.47. The van der Waals surface area contributed by atoms with Gasteiger partial charge in [-0.2, -0.15) is 0 Å². The Hall–Kier alpha value is -2.49. The van der Waals surface area contributed by atoms with Crippen molar-refractivity contribution in [1.82, 2.24) is 4.90 Å². The van der Waals surface area contributed by atoms with E-state index in [0.717, 1.165) is 43.1 Å². The van der Waals surface area contributed by atoms with Crippen molar-refractivity contribution in [1.29, 1.82) is 0 Å². The monoisotopic (exact) mass is 310 g/mol. The summed E-state index contributed by atoms with van der Waals surface area (Å²) in [6.45, 7) is 1.70. The van der Waals surface area contributed by atoms with E-state index in [1.54, 1.807) is 7.11 Å². The summed E-state index contributed by atoms with van der Waals surface area (Å²) < 4.78 is 5.38. The molecule has 2 aromatic carbocycles. The Morgan fingerprint density at radius 2 is 1.61 bits per heavy atom. The van der Waals surface area contributed by atoms with Crippen LogP contribution in [0.15, 0.2) is 48.5 Å². The number of nitrogens with one attached hydrogen (secondary N) is 1. The van der Waals surface area contributed by atoms with Gasteiger partial charge in [0.1, 0.15) is 5.75 Å². The molecule has 23 heavy (non-hydrogen) atoms. The van der Waals surface area contributed by atoms with E-state index < -0.39 is 0 Å². The molecule has 3 rings (SSSR count). The van der Waals surface area contributed by atoms with Gasteiger partial charge in [0.15, 0.2) is 0 Å². The first kappa shape index (κ1) is 15.4. The predicted octanol–water partition coefficient (Wildman–Crippen LogP) is 4.06. The Balaban J connectivity index is 1.87. The molecule has 0 saturated carbocycles. The van der Waals surface area contributed by atoms with Crippen molar-refractivity contribution in [3.63, 3.8) is 0 Å². The summed E-state index contributed by atoms with van der Waals surface area (Å²) in [5.41, 5.74) is 2.38. The summed E-state index contributed by atoms with van der Waals surface area (Å²) in [7, 11) is 1.64. The first-order valence-corrected chi connectivity index (χ1v) is 8.08. The van der Waals surface area contributed by atoms with Crippen molar-refractivity contribution >= 4 is 17.3 Å². The highest BCUT2D eigenvalue weighted by Gasteiger charge is 2.20. The van der Waals surface area contributed by atoms with Gasteiger partial charge < -0.3 is 15.0 Å². The SMILES string of the molecule is COc1ccccc1Nc1ccccc1C(=O)N1CCCCC1. The molecule has 4 heteroatoms. The summed E-state index contributed by atoms with van der Waals surface area (Å²) >= 11 is 0. The zero-order chi connectivity index (χ0) is 16.1. The number of ether oxygens (including phenoxy) is 1. The molecule has 1 aliphatic rings. The number of anilines is 2. The van der Waals surface area contributed by atoms with Crippen LogP contribution < -0.4 is 10.1 Å². The number of methoxy groups -OCH3 is 1. The highest BCUT2D eigenvalue weighted by molar-refractivity contribution is 6.00. The number of hydrogen-bond donors (Lipinski definition) is 1. The average Bonchev–Trinajstić information content (AvgIpc) is 2.63. The van der Waals surface area contributed by atoms with Gasteiger partial charge in [0.2, 0.25) is 0 Å². The molecule has 0 atom stereocenters. The Morgan fingerprint density at radius 1 is 0.957 bits per heavy atom. The zero-order valence-corrected chi connectivity index (χ0v) is 13.4. The molecular formula is C19H22N2O2. The fourth-order valence-corrected chi connectivity index (χ4v) is 2.94. The van der Waals surface area contributed by atoms with Gasteiger partial charge in [0.25, 0.3) is 5.91 Å². The van der Waals surface area contributed by atoms with E-state index >= 15 is 0 Å². The molecule has 1 aliphatic heterocycles. The quantitative estimate of drug-likeness (QED) is 0.925. The van der Waals surface area contributed by atoms with Crippen LogP contribution in [0.1, 0.15) is 29.6 Å². The van der Waals surface area contributed by atoms with Crippen molar-refractivity contribution in [3.8, 4) is 5.75 Å². The molecule has 1 amide bonds. The van der Waals surface area contributed by atoms with Gasteiger partial charge in [-0.05, 0) is 43.5 Å². The summed E-state index contributed by atoms with van der Waals surface area (Å²) in [5, 5.41) is 3.34. The van der Waals surface area contributed by atoms with Crippen LogP contribution in [-0.4, -0.2) is 31.0 Å². The molecule has 0 unspecified atom stereocenters. The minimum atomic E-state index is 0.0997. The smallest absolute Gasteiger partial charge is 0.255 e. The van der Waals surface area contributed by atoms with E-state index in [0.29, 0.717) is 5.56 Å². The van der Waals surface area contributed by atoms with E-state index in [-0.39, 0.29) is 5.91 Å². The van der Waals surface area contributed by atoms with E-state index in [4.69, 9.17) is 4.74 Å². The molecule has 1 heterocycles. The number of carbonyl (C=O) groups excluding carboxylic acids is 1. The number of piperidine rings is 1. The second-order valence-electron chi connectivity index (χ2n) is 5.72. The minimum absolute atomic E-state index is 0.0997. The molecule has 1 N–H and O–H groups in total. The number of amides is 1. The van der Waals surface area contributed by atoms with Crippen molar-refractivity contribution in [2.45, 2.75) is 19.3 Å². The lowest BCUT2D eigenvalue weighted by Gasteiger charge is -2.27. The second kappa shape index (κ2) is 7.18. The van der Waals surface area contributed by atoms with Crippen molar-refractivity contribution in [2.24, 2.45) is 0 Å². The third-order valence-electron chi connectivity index (χ3n) is 4.18. The first-order chi connectivity index (χ1) is 11.3. The van der Waals surface area contributed by atoms with Crippen LogP contribution in [-0.2, 0) is 0 Å². The number of carbonyl (C=O) groups is 1. The lowest BCUT2D eigenvalue weighted by molar-refractivity contribution is 0.0725. The minimum Gasteiger partial charge on any atom is -0.495 e. The third-order valence-corrected chi connectivity index (χ3v) is 4.18. The summed E-state index contributed by atoms with van der Waals surface area (Å²) in [6, 6.07) is 15.4. The number of nitrogens with zero attached hydrogens (tertiary/aromatic N) is 1. The van der Waals surface area contributed by atoms with Gasteiger partial charge in [-0.3, -0.25) is 4.79 Å². The predicted molar refractivity (Wildman–Crippen MR) is 92.5 cm³/mol. The number of para-hydroxylation sites is 3. The largest absolute Gasteiger partial charge is 0.495 e. The van der Waals surface area contributed by atoms with Gasteiger partial charge in [-0.25, -0.2) is 0 Å². The number of rotatable bonds is 4. The summed E-state index contributed by atoms with van der Waals surface area (Å²) in [4.78, 5) is 14.8. The van der Waals surface area contributed by atoms with Crippen LogP contribution in [0.25, 0.3) is 0 Å². The number of likely N-dealkylation sites (tertiary alicyclic amines) is 1. The van der Waals surface area contributed by atoms with Gasteiger partial charge in [-0.15, -0.1) is 0 Å². The van der Waals surface area contributed by atoms with E-state index in [1.165, 1.54) is 6.42 Å². The van der Waals surface area contributed by atoms with Gasteiger partial charge in [-0.1, -0.05) is 24.3 Å². The van der Waals surface area contributed by atoms with Crippen LogP contribution >= 0.6 is 0 Å². The number of benzene rings is 2. The maximum absolute atomic E-state index is 12.8. The number of hydrogen-bond acceptors (Lipinski definition) is 3. The molecule has 0 aliphatic carbocycles. The van der Waals surface area contributed by atoms with Crippen molar-refractivity contribution in [3.05, 3.63) is 54.1 Å². The van der Waals surface area contributed by atoms with E-state index in [1.807, 2.05) is 53.4 Å². The van der Waals surface area contributed by atoms with E-state index in [2.05, 4.69) is 5.32 Å². The van der Waals surface area contributed by atoms with Crippen molar-refractivity contribution < 1.29 is 9.53 Å². The zero-order valence-electron chi connectivity index (χ0n) is 13.4. The van der Waals surface area contributed by atoms with Crippen LogP contribution in [0.2, 0.25) is 0 Å². The normalized spacial score (nSPS) is 14.4. The molecule has 0 aromatic heterocycles. The molecule has 0 spiro atoms. The molecule has 2 aromatic rings. The van der Waals surface area contributed by atoms with Crippen LogP contribution in [0, 0.1) is 0 Å². The molecule has 1 saturated heterocycles. The van der Waals surface area contributed by atoms with Gasteiger partial charge in [0.05, 0.1) is 24.0 Å². The van der Waals surface area contributed by atoms with Crippen LogP contribution in [0.5, 0.6) is 5.75 Å². The van der Waals surface area contributed by atoms with E-state index in [9.17, 15) is 4.79 Å². The standard InChI is InChI=1S/C19H22N2O2/c1-23-18-12-6-5-11-17(18)20-16-10-4-3-9-15(16)19(22)21-13-7-2-8-14-21/h3-6,9-12,20H,2,7-8,13-14H2,1H3. The fourth-order valence-electron chi connectivity index (χ4n) is 2.94. The van der Waals surface area contributed by atoms with Gasteiger partial charge >= 0.3 is 0 Å². The molecule has 4 nitrogen and oxygen atoms in total. The van der Waals surface area contributed by atoms with Crippen molar-refractivity contribution in [2.75, 3.05) is 25.5 Å². The lowest BCUT2D eigenvalue weighted by atomic mass is 10.1. The highest BCUT2D eigenvalue weighted by atomic mass is 16.5. The van der Waals surface area contributed by atoms with Crippen LogP contribution in [0.3, 0.4) is 0 Å². The van der Waals surface area contributed by atoms with Crippen LogP contribution in [0.4, 0.5) is 11.4 Å². The van der Waals surface area contributed by atoms with Gasteiger partial charge in [0, 0.05) is 13.1 Å². The second-order valence-corrected chi connectivity index (χ2v) is 5.72. The fraction of sp³-hybridized carbons (Fsp3) is 0.316. The summed E-state index contributed by atoms with van der Waals surface area (Å²) in [5.74, 6) is 0.857. The molecule has 0 bridgehead atoms. The topological polar surface area (TPSA) is 41.6 Å². The molecular weight excluding hydrogens is 288 g/mol. The molecule has 1 fully saturated rings. The first-order valence-electron chi connectivity index (χ1n) is 8.08. The Bertz CT molecular complexity index is 679.